The highest BCUT2D eigenvalue weighted by molar-refractivity contribution is 5.15. The average molecular weight is 303 g/mol. The first-order valence-electron chi connectivity index (χ1n) is 8.88. The van der Waals surface area contributed by atoms with E-state index in [4.69, 9.17) is 5.73 Å². The van der Waals surface area contributed by atoms with Crippen LogP contribution in [0.15, 0.2) is 30.3 Å². The largest absolute Gasteiger partial charge is 0.326 e. The van der Waals surface area contributed by atoms with Gasteiger partial charge in [-0.2, -0.15) is 0 Å². The highest BCUT2D eigenvalue weighted by atomic mass is 15.2. The Bertz CT molecular complexity index is 398. The van der Waals surface area contributed by atoms with Gasteiger partial charge in [0.15, 0.2) is 0 Å². The zero-order chi connectivity index (χ0) is 15.8. The summed E-state index contributed by atoms with van der Waals surface area (Å²) in [6.45, 7) is 9.24. The van der Waals surface area contributed by atoms with Crippen molar-refractivity contribution in [3.8, 4) is 0 Å². The predicted molar refractivity (Wildman–Crippen MR) is 95.0 cm³/mol. The molecule has 0 aromatic heterocycles. The van der Waals surface area contributed by atoms with Crippen molar-refractivity contribution in [1.29, 1.82) is 0 Å². The molecule has 3 N–H and O–H groups in total. The van der Waals surface area contributed by atoms with Crippen LogP contribution >= 0.6 is 0 Å². The molecule has 0 amide bonds. The number of likely N-dealkylation sites (tertiary alicyclic amines) is 1. The lowest BCUT2D eigenvalue weighted by Crippen LogP contribution is -2.46. The van der Waals surface area contributed by atoms with Crippen LogP contribution in [0.2, 0.25) is 0 Å². The Labute approximate surface area is 136 Å². The van der Waals surface area contributed by atoms with Gasteiger partial charge in [0, 0.05) is 25.2 Å². The number of nitrogens with two attached hydrogens (primary N) is 1. The highest BCUT2D eigenvalue weighted by Gasteiger charge is 2.18. The molecule has 1 saturated heterocycles. The van der Waals surface area contributed by atoms with E-state index in [9.17, 15) is 0 Å². The Kier molecular flexibility index (Phi) is 7.37. The summed E-state index contributed by atoms with van der Waals surface area (Å²) in [5.74, 6) is 0.727. The summed E-state index contributed by atoms with van der Waals surface area (Å²) < 4.78 is 0. The third-order valence-electron chi connectivity index (χ3n) is 4.44. The lowest BCUT2D eigenvalue weighted by Gasteiger charge is -2.27. The van der Waals surface area contributed by atoms with Gasteiger partial charge in [-0.3, -0.25) is 0 Å². The van der Waals surface area contributed by atoms with Crippen LogP contribution in [-0.4, -0.2) is 43.2 Å². The van der Waals surface area contributed by atoms with Gasteiger partial charge < -0.3 is 16.0 Å². The second kappa shape index (κ2) is 9.29. The Morgan fingerprint density at radius 2 is 1.82 bits per heavy atom. The van der Waals surface area contributed by atoms with Gasteiger partial charge in [0.2, 0.25) is 0 Å². The van der Waals surface area contributed by atoms with Crippen LogP contribution in [0.5, 0.6) is 0 Å². The topological polar surface area (TPSA) is 41.3 Å². The van der Waals surface area contributed by atoms with E-state index in [1.165, 1.54) is 44.5 Å². The minimum absolute atomic E-state index is 0.190. The normalized spacial score (nSPS) is 18.7. The molecule has 3 nitrogen and oxygen atoms in total. The van der Waals surface area contributed by atoms with Crippen molar-refractivity contribution < 1.29 is 0 Å². The molecule has 124 valence electrons. The average Bonchev–Trinajstić information content (AvgIpc) is 2.98. The fourth-order valence-electron chi connectivity index (χ4n) is 3.38. The Morgan fingerprint density at radius 3 is 2.45 bits per heavy atom. The summed E-state index contributed by atoms with van der Waals surface area (Å²) in [6, 6.07) is 11.3. The molecule has 0 spiro atoms. The van der Waals surface area contributed by atoms with Crippen LogP contribution in [0, 0.1) is 5.92 Å². The molecule has 1 aromatic rings. The summed E-state index contributed by atoms with van der Waals surface area (Å²) in [5.41, 5.74) is 7.65. The molecule has 1 aliphatic rings. The van der Waals surface area contributed by atoms with E-state index in [1.54, 1.807) is 0 Å². The second-order valence-corrected chi connectivity index (χ2v) is 7.19. The molecule has 1 unspecified atom stereocenters. The summed E-state index contributed by atoms with van der Waals surface area (Å²) in [4.78, 5) is 2.60. The Balaban J connectivity index is 1.76. The molecule has 0 aliphatic carbocycles. The van der Waals surface area contributed by atoms with Gasteiger partial charge in [-0.1, -0.05) is 44.2 Å². The molecule has 1 aromatic carbocycles. The van der Waals surface area contributed by atoms with Crippen LogP contribution in [0.25, 0.3) is 0 Å². The van der Waals surface area contributed by atoms with Crippen LogP contribution in [0.1, 0.15) is 38.7 Å². The summed E-state index contributed by atoms with van der Waals surface area (Å²) in [6.07, 6.45) is 4.91. The monoisotopic (exact) mass is 303 g/mol. The van der Waals surface area contributed by atoms with E-state index in [0.29, 0.717) is 6.04 Å². The molecule has 1 heterocycles. The molecule has 0 radical (unpaired) electrons. The molecule has 0 saturated carbocycles. The molecular weight excluding hydrogens is 270 g/mol. The zero-order valence-electron chi connectivity index (χ0n) is 14.3. The standard InChI is InChI=1S/C19H33N3/c1-16(2)12-19(15-22-10-6-7-11-22)21-14-18(20)13-17-8-4-3-5-9-17/h3-5,8-9,16,18-19,21H,6-7,10-15,20H2,1-2H3/t18-,19?/m0/s1. The molecule has 1 fully saturated rings. The summed E-state index contributed by atoms with van der Waals surface area (Å²) >= 11 is 0. The van der Waals surface area contributed by atoms with E-state index in [2.05, 4.69) is 54.4 Å². The first kappa shape index (κ1) is 17.5. The molecule has 0 bridgehead atoms. The van der Waals surface area contributed by atoms with E-state index in [1.807, 2.05) is 0 Å². The smallest absolute Gasteiger partial charge is 0.0206 e. The number of nitrogens with zero attached hydrogens (tertiary/aromatic N) is 1. The maximum atomic E-state index is 6.32. The van der Waals surface area contributed by atoms with E-state index in [-0.39, 0.29) is 6.04 Å². The molecule has 1 aliphatic heterocycles. The minimum Gasteiger partial charge on any atom is -0.326 e. The van der Waals surface area contributed by atoms with Gasteiger partial charge in [-0.15, -0.1) is 0 Å². The van der Waals surface area contributed by atoms with Crippen LogP contribution in [0.4, 0.5) is 0 Å². The third kappa shape index (κ3) is 6.47. The fourth-order valence-corrected chi connectivity index (χ4v) is 3.38. The van der Waals surface area contributed by atoms with Crippen molar-refractivity contribution in [2.75, 3.05) is 26.2 Å². The number of benzene rings is 1. The van der Waals surface area contributed by atoms with Crippen LogP contribution < -0.4 is 11.1 Å². The summed E-state index contributed by atoms with van der Waals surface area (Å²) in [5, 5.41) is 3.73. The first-order valence-corrected chi connectivity index (χ1v) is 8.88. The second-order valence-electron chi connectivity index (χ2n) is 7.19. The quantitative estimate of drug-likeness (QED) is 0.737. The van der Waals surface area contributed by atoms with Gasteiger partial charge >= 0.3 is 0 Å². The van der Waals surface area contributed by atoms with E-state index >= 15 is 0 Å². The van der Waals surface area contributed by atoms with E-state index in [0.717, 1.165) is 18.9 Å². The van der Waals surface area contributed by atoms with Crippen molar-refractivity contribution in [2.45, 2.75) is 51.6 Å². The van der Waals surface area contributed by atoms with Crippen molar-refractivity contribution in [1.82, 2.24) is 10.2 Å². The maximum absolute atomic E-state index is 6.32. The molecule has 2 atom stereocenters. The Morgan fingerprint density at radius 1 is 1.14 bits per heavy atom. The van der Waals surface area contributed by atoms with Crippen LogP contribution in [-0.2, 0) is 6.42 Å². The molecular formula is C19H33N3. The number of hydrogen-bond acceptors (Lipinski definition) is 3. The number of rotatable bonds is 9. The van der Waals surface area contributed by atoms with Gasteiger partial charge in [0.25, 0.3) is 0 Å². The van der Waals surface area contributed by atoms with Crippen molar-refractivity contribution in [2.24, 2.45) is 11.7 Å². The van der Waals surface area contributed by atoms with Crippen molar-refractivity contribution >= 4 is 0 Å². The van der Waals surface area contributed by atoms with Gasteiger partial charge in [-0.05, 0) is 50.3 Å². The van der Waals surface area contributed by atoms with Gasteiger partial charge in [-0.25, -0.2) is 0 Å². The number of hydrogen-bond donors (Lipinski definition) is 2. The molecule has 22 heavy (non-hydrogen) atoms. The summed E-state index contributed by atoms with van der Waals surface area (Å²) in [7, 11) is 0. The van der Waals surface area contributed by atoms with Gasteiger partial charge in [0.05, 0.1) is 0 Å². The van der Waals surface area contributed by atoms with Crippen LogP contribution in [0.3, 0.4) is 0 Å². The maximum Gasteiger partial charge on any atom is 0.0206 e. The molecule has 3 heteroatoms. The minimum atomic E-state index is 0.190. The van der Waals surface area contributed by atoms with Crippen molar-refractivity contribution in [3.63, 3.8) is 0 Å². The number of nitrogens with one attached hydrogen (secondary N) is 1. The highest BCUT2D eigenvalue weighted by Crippen LogP contribution is 2.12. The van der Waals surface area contributed by atoms with Crippen molar-refractivity contribution in [3.05, 3.63) is 35.9 Å². The first-order chi connectivity index (χ1) is 10.6. The van der Waals surface area contributed by atoms with E-state index < -0.39 is 0 Å². The predicted octanol–water partition coefficient (Wildman–Crippen LogP) is 2.66. The molecule has 2 rings (SSSR count). The Hall–Kier alpha value is -0.900. The third-order valence-corrected chi connectivity index (χ3v) is 4.44. The lowest BCUT2D eigenvalue weighted by atomic mass is 10.0. The zero-order valence-corrected chi connectivity index (χ0v) is 14.3. The lowest BCUT2D eigenvalue weighted by molar-refractivity contribution is 0.266. The fraction of sp³-hybridized carbons (Fsp3) is 0.684. The van der Waals surface area contributed by atoms with Gasteiger partial charge in [0.1, 0.15) is 0 Å². The SMILES string of the molecule is CC(C)CC(CN1CCCC1)NC[C@@H](N)Cc1ccccc1.